The summed E-state index contributed by atoms with van der Waals surface area (Å²) in [6.45, 7) is 4.84. The number of unbranched alkanes of at least 4 members (excludes halogenated alkanes) is 1. The Morgan fingerprint density at radius 1 is 1.00 bits per heavy atom. The van der Waals surface area contributed by atoms with E-state index in [1.165, 1.54) is 0 Å². The van der Waals surface area contributed by atoms with Crippen molar-refractivity contribution in [2.75, 3.05) is 6.61 Å². The van der Waals surface area contributed by atoms with Gasteiger partial charge in [0.2, 0.25) is 0 Å². The number of hydrogen-bond donors (Lipinski definition) is 2. The lowest BCUT2D eigenvalue weighted by Crippen LogP contribution is -2.14. The smallest absolute Gasteiger partial charge is 0.260 e. The second-order valence-corrected chi connectivity index (χ2v) is 8.03. The molecule has 0 radical (unpaired) electrons. The molecule has 0 bridgehead atoms. The van der Waals surface area contributed by atoms with Crippen molar-refractivity contribution in [2.45, 2.75) is 26.7 Å². The molecule has 0 atom stereocenters. The minimum absolute atomic E-state index is 0.282. The summed E-state index contributed by atoms with van der Waals surface area (Å²) < 4.78 is 6.51. The van der Waals surface area contributed by atoms with E-state index in [9.17, 15) is 4.79 Å². The van der Waals surface area contributed by atoms with Crippen molar-refractivity contribution in [2.24, 2.45) is 0 Å². The molecule has 8 heteroatoms. The maximum Gasteiger partial charge on any atom is 0.260 e. The molecule has 2 aromatic heterocycles. The zero-order chi connectivity index (χ0) is 21.8. The number of halogens is 1. The van der Waals surface area contributed by atoms with E-state index in [0.29, 0.717) is 23.7 Å². The van der Waals surface area contributed by atoms with E-state index in [1.807, 2.05) is 55.5 Å². The van der Waals surface area contributed by atoms with Crippen molar-refractivity contribution in [3.05, 3.63) is 68.9 Å². The predicted octanol–water partition coefficient (Wildman–Crippen LogP) is 5.14. The predicted molar refractivity (Wildman–Crippen MR) is 124 cm³/mol. The van der Waals surface area contributed by atoms with E-state index in [0.717, 1.165) is 45.3 Å². The highest BCUT2D eigenvalue weighted by atomic mass is 79.9. The maximum atomic E-state index is 13.1. The van der Waals surface area contributed by atoms with Gasteiger partial charge in [-0.25, -0.2) is 5.10 Å². The first-order valence-electron chi connectivity index (χ1n) is 10.1. The normalized spacial score (nSPS) is 10.9. The average molecular weight is 480 g/mol. The molecule has 2 N–H and O–H groups in total. The van der Waals surface area contributed by atoms with Crippen LogP contribution in [0.15, 0.2) is 57.8 Å². The third-order valence-corrected chi connectivity index (χ3v) is 5.78. The van der Waals surface area contributed by atoms with Crippen LogP contribution < -0.4 is 10.3 Å². The molecule has 0 aliphatic heterocycles. The Morgan fingerprint density at radius 2 is 1.71 bits per heavy atom. The number of tetrazole rings is 1. The second kappa shape index (κ2) is 9.26. The Hall–Kier alpha value is -3.26. The fourth-order valence-corrected chi connectivity index (χ4v) is 4.07. The van der Waals surface area contributed by atoms with Crippen LogP contribution in [0.25, 0.3) is 33.8 Å². The fraction of sp³-hybridized carbons (Fsp3) is 0.217. The van der Waals surface area contributed by atoms with Crippen LogP contribution in [0.1, 0.15) is 25.3 Å². The van der Waals surface area contributed by atoms with Crippen molar-refractivity contribution in [1.29, 1.82) is 0 Å². The summed E-state index contributed by atoms with van der Waals surface area (Å²) in [6, 6.07) is 15.7. The van der Waals surface area contributed by atoms with Gasteiger partial charge in [-0.05, 0) is 75.1 Å². The zero-order valence-corrected chi connectivity index (χ0v) is 18.9. The lowest BCUT2D eigenvalue weighted by atomic mass is 9.97. The van der Waals surface area contributed by atoms with Gasteiger partial charge in [0.15, 0.2) is 5.82 Å². The number of benzene rings is 2. The van der Waals surface area contributed by atoms with Gasteiger partial charge >= 0.3 is 0 Å². The molecular weight excluding hydrogens is 458 g/mol. The molecule has 2 heterocycles. The van der Waals surface area contributed by atoms with Crippen LogP contribution in [-0.4, -0.2) is 32.2 Å². The Bertz CT molecular complexity index is 1220. The number of ether oxygens (including phenoxy) is 1. The minimum Gasteiger partial charge on any atom is -0.494 e. The number of aryl methyl sites for hydroxylation is 1. The maximum absolute atomic E-state index is 13.1. The van der Waals surface area contributed by atoms with Gasteiger partial charge in [0.1, 0.15) is 5.75 Å². The van der Waals surface area contributed by atoms with Gasteiger partial charge in [-0.3, -0.25) is 4.79 Å². The lowest BCUT2D eigenvalue weighted by Gasteiger charge is -2.14. The molecule has 0 aliphatic carbocycles. The molecule has 7 nitrogen and oxygen atoms in total. The van der Waals surface area contributed by atoms with E-state index in [1.54, 1.807) is 0 Å². The molecule has 0 amide bonds. The van der Waals surface area contributed by atoms with Crippen molar-refractivity contribution in [1.82, 2.24) is 25.6 Å². The van der Waals surface area contributed by atoms with Gasteiger partial charge in [-0.2, -0.15) is 0 Å². The monoisotopic (exact) mass is 479 g/mol. The summed E-state index contributed by atoms with van der Waals surface area (Å²) in [4.78, 5) is 16.1. The van der Waals surface area contributed by atoms with Gasteiger partial charge in [0.25, 0.3) is 5.56 Å². The number of aromatic amines is 2. The fourth-order valence-electron chi connectivity index (χ4n) is 3.31. The highest BCUT2D eigenvalue weighted by Gasteiger charge is 2.22. The van der Waals surface area contributed by atoms with Crippen molar-refractivity contribution < 1.29 is 4.74 Å². The molecule has 158 valence electrons. The van der Waals surface area contributed by atoms with Crippen LogP contribution in [0.3, 0.4) is 0 Å². The van der Waals surface area contributed by atoms with Crippen LogP contribution in [0, 0.1) is 6.92 Å². The van der Waals surface area contributed by atoms with Crippen LogP contribution in [0.4, 0.5) is 0 Å². The van der Waals surface area contributed by atoms with E-state index in [2.05, 4.69) is 48.5 Å². The standard InChI is InChI=1S/C23H22BrN5O2/c1-3-4-13-31-17-11-9-16(10-12-17)21-20(24)18(15-7-5-14(2)6-8-15)19(23(30)25-21)22-26-28-29-27-22/h5-12H,3-4,13H2,1-2H3,(H,25,30)(H,26,27,28,29). The van der Waals surface area contributed by atoms with Gasteiger partial charge < -0.3 is 9.72 Å². The first-order chi connectivity index (χ1) is 15.1. The summed E-state index contributed by atoms with van der Waals surface area (Å²) in [6.07, 6.45) is 2.10. The highest BCUT2D eigenvalue weighted by Crippen LogP contribution is 2.39. The summed E-state index contributed by atoms with van der Waals surface area (Å²) in [7, 11) is 0. The summed E-state index contributed by atoms with van der Waals surface area (Å²) in [5.74, 6) is 1.11. The Balaban J connectivity index is 1.84. The van der Waals surface area contributed by atoms with Crippen molar-refractivity contribution >= 4 is 15.9 Å². The SMILES string of the molecule is CCCCOc1ccc(-c2[nH]c(=O)c(-c3nnn[nH]3)c(-c3ccc(C)cc3)c2Br)cc1. The third kappa shape index (κ3) is 4.44. The number of hydrogen-bond acceptors (Lipinski definition) is 5. The van der Waals surface area contributed by atoms with E-state index in [-0.39, 0.29) is 5.56 Å². The molecule has 2 aromatic carbocycles. The topological polar surface area (TPSA) is 96.6 Å². The lowest BCUT2D eigenvalue weighted by molar-refractivity contribution is 0.309. The summed E-state index contributed by atoms with van der Waals surface area (Å²) >= 11 is 3.73. The number of aromatic nitrogens is 5. The van der Waals surface area contributed by atoms with E-state index in [4.69, 9.17) is 4.74 Å². The van der Waals surface area contributed by atoms with Gasteiger partial charge in [-0.15, -0.1) is 5.10 Å². The van der Waals surface area contributed by atoms with Crippen molar-refractivity contribution in [3.8, 4) is 39.5 Å². The molecule has 0 fully saturated rings. The Morgan fingerprint density at radius 3 is 2.35 bits per heavy atom. The molecule has 0 aliphatic rings. The van der Waals surface area contributed by atoms with E-state index >= 15 is 0 Å². The van der Waals surface area contributed by atoms with Gasteiger partial charge in [-0.1, -0.05) is 43.2 Å². The first-order valence-corrected chi connectivity index (χ1v) is 10.9. The molecule has 4 rings (SSSR count). The van der Waals surface area contributed by atoms with Crippen LogP contribution in [0.2, 0.25) is 0 Å². The van der Waals surface area contributed by atoms with Gasteiger partial charge in [0, 0.05) is 5.56 Å². The van der Waals surface area contributed by atoms with Gasteiger partial charge in [0.05, 0.1) is 22.3 Å². The largest absolute Gasteiger partial charge is 0.494 e. The molecule has 31 heavy (non-hydrogen) atoms. The minimum atomic E-state index is -0.282. The van der Waals surface area contributed by atoms with E-state index < -0.39 is 0 Å². The number of rotatable bonds is 7. The highest BCUT2D eigenvalue weighted by molar-refractivity contribution is 9.10. The molecular formula is C23H22BrN5O2. The third-order valence-electron chi connectivity index (χ3n) is 4.99. The number of nitrogens with one attached hydrogen (secondary N) is 2. The molecule has 4 aromatic rings. The van der Waals surface area contributed by atoms with Crippen LogP contribution in [0.5, 0.6) is 5.75 Å². The Kier molecular flexibility index (Phi) is 6.27. The van der Waals surface area contributed by atoms with Crippen LogP contribution in [-0.2, 0) is 0 Å². The zero-order valence-electron chi connectivity index (χ0n) is 17.3. The molecule has 0 saturated carbocycles. The quantitative estimate of drug-likeness (QED) is 0.357. The Labute approximate surface area is 188 Å². The average Bonchev–Trinajstić information content (AvgIpc) is 3.31. The second-order valence-electron chi connectivity index (χ2n) is 7.24. The number of nitrogens with zero attached hydrogens (tertiary/aromatic N) is 3. The summed E-state index contributed by atoms with van der Waals surface area (Å²) in [5.41, 5.74) is 4.38. The number of H-pyrrole nitrogens is 2. The molecule has 0 saturated heterocycles. The number of pyridine rings is 1. The van der Waals surface area contributed by atoms with Crippen molar-refractivity contribution in [3.63, 3.8) is 0 Å². The molecule has 0 spiro atoms. The summed E-state index contributed by atoms with van der Waals surface area (Å²) in [5, 5.41) is 13.9. The van der Waals surface area contributed by atoms with Crippen LogP contribution >= 0.6 is 15.9 Å². The molecule has 0 unspecified atom stereocenters. The first kappa shape index (κ1) is 21.0.